The van der Waals surface area contributed by atoms with Crippen LogP contribution in [0, 0.1) is 0 Å². The van der Waals surface area contributed by atoms with Crippen molar-refractivity contribution in [1.29, 1.82) is 0 Å². The fourth-order valence-corrected chi connectivity index (χ4v) is 2.72. The molecule has 1 heterocycles. The number of hydrogen-bond donors (Lipinski definition) is 0. The standard InChI is InChI=1S/C13H13O3P/c14-12(16-17)7-9-2-1-8-3-4-11-10(13(8)9)5-6-15-11/h3-4,7H,1-2,5-6,17H2/b9-7+. The second-order valence-corrected chi connectivity index (χ2v) is 4.52. The maximum atomic E-state index is 11.3. The quantitative estimate of drug-likeness (QED) is 0.565. The van der Waals surface area contributed by atoms with Gasteiger partial charge in [-0.15, -0.1) is 0 Å². The molecular formula is C13H13O3P. The number of ether oxygens (including phenoxy) is 1. The summed E-state index contributed by atoms with van der Waals surface area (Å²) in [4.78, 5) is 11.3. The Kier molecular flexibility index (Phi) is 2.64. The molecule has 1 aromatic carbocycles. The van der Waals surface area contributed by atoms with E-state index in [4.69, 9.17) is 4.74 Å². The van der Waals surface area contributed by atoms with Crippen LogP contribution < -0.4 is 4.74 Å². The lowest BCUT2D eigenvalue weighted by Crippen LogP contribution is -1.94. The van der Waals surface area contributed by atoms with Gasteiger partial charge in [0.2, 0.25) is 0 Å². The molecule has 1 atom stereocenters. The van der Waals surface area contributed by atoms with Gasteiger partial charge in [-0.05, 0) is 35.6 Å². The maximum absolute atomic E-state index is 11.3. The van der Waals surface area contributed by atoms with E-state index in [1.165, 1.54) is 16.7 Å². The summed E-state index contributed by atoms with van der Waals surface area (Å²) < 4.78 is 10.2. The molecule has 1 aliphatic heterocycles. The van der Waals surface area contributed by atoms with E-state index in [0.29, 0.717) is 0 Å². The summed E-state index contributed by atoms with van der Waals surface area (Å²) in [6.07, 6.45) is 4.44. The molecule has 17 heavy (non-hydrogen) atoms. The first kappa shape index (κ1) is 10.8. The number of aryl methyl sites for hydroxylation is 1. The number of hydrogen-bond acceptors (Lipinski definition) is 3. The Morgan fingerprint density at radius 1 is 1.35 bits per heavy atom. The van der Waals surface area contributed by atoms with Crippen molar-refractivity contribution in [3.8, 4) is 5.75 Å². The van der Waals surface area contributed by atoms with Crippen LogP contribution >= 0.6 is 9.47 Å². The molecule has 0 amide bonds. The van der Waals surface area contributed by atoms with E-state index in [1.807, 2.05) is 15.5 Å². The molecule has 0 aromatic heterocycles. The second-order valence-electron chi connectivity index (χ2n) is 4.28. The molecule has 0 spiro atoms. The normalized spacial score (nSPS) is 18.8. The van der Waals surface area contributed by atoms with Gasteiger partial charge in [-0.1, -0.05) is 6.07 Å². The minimum Gasteiger partial charge on any atom is -0.493 e. The van der Waals surface area contributed by atoms with Crippen molar-refractivity contribution in [2.45, 2.75) is 19.3 Å². The van der Waals surface area contributed by atoms with Gasteiger partial charge in [0.25, 0.3) is 0 Å². The molecule has 0 saturated carbocycles. The van der Waals surface area contributed by atoms with Crippen LogP contribution in [-0.2, 0) is 22.2 Å². The smallest absolute Gasteiger partial charge is 0.333 e. The van der Waals surface area contributed by atoms with E-state index < -0.39 is 0 Å². The monoisotopic (exact) mass is 248 g/mol. The minimum absolute atomic E-state index is 0.311. The first-order valence-corrected chi connectivity index (χ1v) is 6.16. The number of fused-ring (bicyclic) bond motifs is 3. The molecule has 0 N–H and O–H groups in total. The van der Waals surface area contributed by atoms with Crippen LogP contribution in [0.3, 0.4) is 0 Å². The zero-order valence-corrected chi connectivity index (χ0v) is 10.5. The predicted molar refractivity (Wildman–Crippen MR) is 67.7 cm³/mol. The van der Waals surface area contributed by atoms with Crippen LogP contribution in [-0.4, -0.2) is 12.6 Å². The summed E-state index contributed by atoms with van der Waals surface area (Å²) >= 11 is 0. The number of allylic oxidation sites excluding steroid dienone is 1. The molecule has 0 bridgehead atoms. The number of benzene rings is 1. The van der Waals surface area contributed by atoms with Crippen molar-refractivity contribution in [2.75, 3.05) is 6.61 Å². The van der Waals surface area contributed by atoms with Gasteiger partial charge in [-0.25, -0.2) is 4.79 Å². The van der Waals surface area contributed by atoms with E-state index in [9.17, 15) is 4.79 Å². The SMILES string of the molecule is O=C(/C=C1\CCc2ccc3c(c21)CCO3)OP. The lowest BCUT2D eigenvalue weighted by atomic mass is 9.98. The Labute approximate surface area is 102 Å². The van der Waals surface area contributed by atoms with Gasteiger partial charge in [-0.3, -0.25) is 0 Å². The molecule has 1 aromatic rings. The third kappa shape index (κ3) is 1.75. The Balaban J connectivity index is 2.10. The molecule has 1 unspecified atom stereocenters. The van der Waals surface area contributed by atoms with Gasteiger partial charge in [0, 0.05) is 18.1 Å². The average molecular weight is 248 g/mol. The number of rotatable bonds is 1. The highest BCUT2D eigenvalue weighted by Crippen LogP contribution is 2.41. The fourth-order valence-electron chi connectivity index (χ4n) is 2.65. The summed E-state index contributed by atoms with van der Waals surface area (Å²) in [5.41, 5.74) is 4.87. The number of carbonyl (C=O) groups is 1. The summed E-state index contributed by atoms with van der Waals surface area (Å²) in [7, 11) is 1.99. The largest absolute Gasteiger partial charge is 0.493 e. The van der Waals surface area contributed by atoms with Crippen LogP contribution in [0.25, 0.3) is 5.57 Å². The van der Waals surface area contributed by atoms with Gasteiger partial charge >= 0.3 is 5.97 Å². The lowest BCUT2D eigenvalue weighted by Gasteiger charge is -2.07. The third-order valence-electron chi connectivity index (χ3n) is 3.36. The summed E-state index contributed by atoms with van der Waals surface area (Å²) in [5, 5.41) is 0. The van der Waals surface area contributed by atoms with Crippen molar-refractivity contribution in [3.05, 3.63) is 34.9 Å². The van der Waals surface area contributed by atoms with Gasteiger partial charge in [-0.2, -0.15) is 0 Å². The predicted octanol–water partition coefficient (Wildman–Crippen LogP) is 2.28. The Morgan fingerprint density at radius 2 is 2.24 bits per heavy atom. The highest BCUT2D eigenvalue weighted by Gasteiger charge is 2.25. The second kappa shape index (κ2) is 4.15. The zero-order chi connectivity index (χ0) is 11.8. The molecule has 0 saturated heterocycles. The molecule has 3 nitrogen and oxygen atoms in total. The van der Waals surface area contributed by atoms with E-state index in [-0.39, 0.29) is 5.97 Å². The molecular weight excluding hydrogens is 235 g/mol. The van der Waals surface area contributed by atoms with E-state index in [2.05, 4.69) is 10.6 Å². The summed E-state index contributed by atoms with van der Waals surface area (Å²) in [5.74, 6) is 0.658. The first-order valence-electron chi connectivity index (χ1n) is 5.69. The van der Waals surface area contributed by atoms with Crippen LogP contribution in [0.5, 0.6) is 5.75 Å². The molecule has 0 fully saturated rings. The molecule has 88 valence electrons. The first-order chi connectivity index (χ1) is 8.29. The van der Waals surface area contributed by atoms with Crippen LogP contribution in [0.2, 0.25) is 0 Å². The third-order valence-corrected chi connectivity index (χ3v) is 3.59. The lowest BCUT2D eigenvalue weighted by molar-refractivity contribution is -0.127. The van der Waals surface area contributed by atoms with Crippen LogP contribution in [0.1, 0.15) is 23.1 Å². The van der Waals surface area contributed by atoms with Crippen molar-refractivity contribution in [1.82, 2.24) is 0 Å². The molecule has 4 heteroatoms. The molecule has 1 aliphatic carbocycles. The van der Waals surface area contributed by atoms with Gasteiger partial charge in [0.1, 0.15) is 5.75 Å². The van der Waals surface area contributed by atoms with Crippen LogP contribution in [0.4, 0.5) is 0 Å². The Bertz CT molecular complexity index is 520. The van der Waals surface area contributed by atoms with Gasteiger partial charge in [0.15, 0.2) is 0 Å². The average Bonchev–Trinajstić information content (AvgIpc) is 2.94. The topological polar surface area (TPSA) is 35.5 Å². The highest BCUT2D eigenvalue weighted by atomic mass is 31.0. The summed E-state index contributed by atoms with van der Waals surface area (Å²) in [6.45, 7) is 0.743. The van der Waals surface area contributed by atoms with Crippen molar-refractivity contribution in [2.24, 2.45) is 0 Å². The van der Waals surface area contributed by atoms with E-state index in [1.54, 1.807) is 6.08 Å². The Hall–Kier alpha value is -1.34. The Morgan fingerprint density at radius 3 is 3.06 bits per heavy atom. The fraction of sp³-hybridized carbons (Fsp3) is 0.308. The maximum Gasteiger partial charge on any atom is 0.333 e. The van der Waals surface area contributed by atoms with Crippen LogP contribution in [0.15, 0.2) is 18.2 Å². The van der Waals surface area contributed by atoms with Crippen molar-refractivity contribution < 1.29 is 14.1 Å². The number of carbonyl (C=O) groups excluding carboxylic acids is 1. The summed E-state index contributed by atoms with van der Waals surface area (Å²) in [6, 6.07) is 4.14. The minimum atomic E-state index is -0.311. The molecule has 2 aliphatic rings. The zero-order valence-electron chi connectivity index (χ0n) is 9.36. The molecule has 0 radical (unpaired) electrons. The van der Waals surface area contributed by atoms with E-state index >= 15 is 0 Å². The highest BCUT2D eigenvalue weighted by molar-refractivity contribution is 7.10. The van der Waals surface area contributed by atoms with E-state index in [0.717, 1.165) is 37.2 Å². The van der Waals surface area contributed by atoms with Gasteiger partial charge in [0.05, 0.1) is 16.1 Å². The molecule has 3 rings (SSSR count). The van der Waals surface area contributed by atoms with Gasteiger partial charge < -0.3 is 9.26 Å². The van der Waals surface area contributed by atoms with Crippen molar-refractivity contribution >= 4 is 21.0 Å². The van der Waals surface area contributed by atoms with Crippen molar-refractivity contribution in [3.63, 3.8) is 0 Å².